The summed E-state index contributed by atoms with van der Waals surface area (Å²) in [5.74, 6) is 0. The summed E-state index contributed by atoms with van der Waals surface area (Å²) in [6.45, 7) is 0. The van der Waals surface area contributed by atoms with E-state index in [1.54, 1.807) is 0 Å². The summed E-state index contributed by atoms with van der Waals surface area (Å²) in [4.78, 5) is 0. The molecule has 0 N–H and O–H groups in total. The average molecular weight is 163 g/mol. The van der Waals surface area contributed by atoms with E-state index in [0.29, 0.717) is 0 Å². The van der Waals surface area contributed by atoms with Crippen molar-refractivity contribution in [2.45, 2.75) is 0 Å². The Kier molecular flexibility index (Phi) is 423. The second-order valence-electron chi connectivity index (χ2n) is 0. The van der Waals surface area contributed by atoms with Crippen LogP contribution in [0.5, 0.6) is 0 Å². The van der Waals surface area contributed by atoms with E-state index >= 15 is 0 Å². The molecule has 3 radical (unpaired) electrons. The first-order chi connectivity index (χ1) is 0. The van der Waals surface area contributed by atoms with E-state index in [1.165, 1.54) is 0 Å². The van der Waals surface area contributed by atoms with Gasteiger partial charge in [-0.25, -0.2) is 0 Å². The predicted octanol–water partition coefficient (Wildman–Crippen LogP) is -0.0574. The van der Waals surface area contributed by atoms with Crippen LogP contribution in [-0.2, 0) is 0 Å². The molecule has 0 aromatic rings. The van der Waals surface area contributed by atoms with Gasteiger partial charge < -0.3 is 0 Å². The van der Waals surface area contributed by atoms with Crippen LogP contribution in [-0.4, -0.2) is 18.0 Å². The Morgan fingerprint density at radius 1 is 1.00 bits per heavy atom. The van der Waals surface area contributed by atoms with E-state index < -0.39 is 0 Å². The van der Waals surface area contributed by atoms with Gasteiger partial charge in [0.1, 0.15) is 0 Å². The van der Waals surface area contributed by atoms with Crippen molar-refractivity contribution in [3.05, 3.63) is 0 Å². The van der Waals surface area contributed by atoms with Crippen molar-refractivity contribution >= 4 is 41.3 Å². The SMILES string of the molecule is F.P.S.[As]. The van der Waals surface area contributed by atoms with Gasteiger partial charge in [-0.3, -0.25) is 4.70 Å². The zero-order valence-electron chi connectivity index (χ0n) is 2.06. The van der Waals surface area contributed by atoms with Crippen molar-refractivity contribution in [2.24, 2.45) is 0 Å². The van der Waals surface area contributed by atoms with Gasteiger partial charge in [0.2, 0.25) is 0 Å². The van der Waals surface area contributed by atoms with Crippen LogP contribution in [0, 0.1) is 0 Å². The van der Waals surface area contributed by atoms with E-state index in [0.717, 1.165) is 0 Å². The van der Waals surface area contributed by atoms with Crippen molar-refractivity contribution in [1.82, 2.24) is 0 Å². The molecule has 4 heavy (non-hydrogen) atoms. The maximum Gasteiger partial charge on any atom is 0 e. The fourth-order valence-electron chi connectivity index (χ4n) is 0. The minimum Gasteiger partial charge on any atom is -0.269 e. The standard InChI is InChI=1S/As.FH.H3P.H2S/h;1H;1H3;1H2. The Hall–Kier alpha value is 1.27. The number of hydrogen-bond acceptors (Lipinski definition) is 0. The molecule has 0 fully saturated rings. The van der Waals surface area contributed by atoms with Crippen molar-refractivity contribution in [3.63, 3.8) is 0 Å². The van der Waals surface area contributed by atoms with Crippen LogP contribution in [0.2, 0.25) is 0 Å². The minimum absolute atomic E-state index is 0. The van der Waals surface area contributed by atoms with Gasteiger partial charge >= 0.3 is 0 Å². The van der Waals surface area contributed by atoms with Gasteiger partial charge in [-0.15, -0.1) is 0 Å². The molecular weight excluding hydrogens is 157 g/mol. The van der Waals surface area contributed by atoms with Crippen molar-refractivity contribution < 1.29 is 4.70 Å². The molecule has 0 aliphatic rings. The zero-order chi connectivity index (χ0) is 0. The third-order valence-corrected chi connectivity index (χ3v) is 0. The molecule has 0 saturated heterocycles. The maximum absolute atomic E-state index is 0. The third kappa shape index (κ3) is 10.5. The second-order valence-corrected chi connectivity index (χ2v) is 0. The smallest absolute Gasteiger partial charge is 0 e. The quantitative estimate of drug-likeness (QED) is 0.346. The summed E-state index contributed by atoms with van der Waals surface area (Å²) in [6, 6.07) is 0. The van der Waals surface area contributed by atoms with Gasteiger partial charge in [-0.05, 0) is 0 Å². The van der Waals surface area contributed by atoms with E-state index in [4.69, 9.17) is 0 Å². The summed E-state index contributed by atoms with van der Waals surface area (Å²) in [5, 5.41) is 0. The summed E-state index contributed by atoms with van der Waals surface area (Å²) in [6.07, 6.45) is 0. The van der Waals surface area contributed by atoms with E-state index in [9.17, 15) is 0 Å². The largest absolute Gasteiger partial charge is 0.269 e. The second kappa shape index (κ2) is 28.3. The normalized spacial score (nSPS) is 0. The van der Waals surface area contributed by atoms with Crippen molar-refractivity contribution in [1.29, 1.82) is 0 Å². The third-order valence-electron chi connectivity index (χ3n) is 0. The molecule has 0 aromatic carbocycles. The van der Waals surface area contributed by atoms with E-state index in [-0.39, 0.29) is 46.1 Å². The predicted molar refractivity (Wildman–Crippen MR) is 29.7 cm³/mol. The fourth-order valence-corrected chi connectivity index (χ4v) is 0. The molecule has 0 aliphatic carbocycles. The van der Waals surface area contributed by atoms with Crippen LogP contribution in [0.4, 0.5) is 4.70 Å². The first kappa shape index (κ1) is 59.7. The first-order valence-corrected chi connectivity index (χ1v) is 0. The Balaban J connectivity index is 0. The summed E-state index contributed by atoms with van der Waals surface area (Å²) >= 11 is 0. The molecular formula is H6AsFPS. The van der Waals surface area contributed by atoms with Gasteiger partial charge in [0.05, 0.1) is 0 Å². The van der Waals surface area contributed by atoms with Gasteiger partial charge in [0.25, 0.3) is 0 Å². The number of hydrogen-bond donors (Lipinski definition) is 0. The average Bonchev–Trinajstić information content (AvgIpc) is 0. The topological polar surface area (TPSA) is 0 Å². The Labute approximate surface area is 46.5 Å². The molecule has 0 amide bonds. The molecule has 0 aromatic heterocycles. The fraction of sp³-hybridized carbons (Fsp3) is 0. The number of rotatable bonds is 0. The zero-order valence-corrected chi connectivity index (χ0v) is 6.35. The molecule has 29 valence electrons. The Morgan fingerprint density at radius 2 is 1.00 bits per heavy atom. The summed E-state index contributed by atoms with van der Waals surface area (Å²) in [5.41, 5.74) is 0. The molecule has 0 spiro atoms. The van der Waals surface area contributed by atoms with Crippen LogP contribution in [0.1, 0.15) is 0 Å². The van der Waals surface area contributed by atoms with Crippen LogP contribution in [0.15, 0.2) is 0 Å². The van der Waals surface area contributed by atoms with Gasteiger partial charge in [-0.2, -0.15) is 23.4 Å². The molecule has 0 saturated carbocycles. The molecule has 4 heteroatoms. The molecule has 0 nitrogen and oxygen atoms in total. The monoisotopic (exact) mass is 163 g/mol. The molecule has 1 atom stereocenters. The van der Waals surface area contributed by atoms with Crippen LogP contribution < -0.4 is 0 Å². The number of halogens is 1. The molecule has 0 aliphatic heterocycles. The maximum atomic E-state index is 0. The minimum atomic E-state index is 0. The van der Waals surface area contributed by atoms with Crippen molar-refractivity contribution in [2.75, 3.05) is 0 Å². The van der Waals surface area contributed by atoms with Crippen LogP contribution in [0.25, 0.3) is 0 Å². The summed E-state index contributed by atoms with van der Waals surface area (Å²) < 4.78 is 0. The molecule has 0 heterocycles. The van der Waals surface area contributed by atoms with Crippen molar-refractivity contribution in [3.8, 4) is 0 Å². The van der Waals surface area contributed by atoms with E-state index in [2.05, 4.69) is 0 Å². The molecule has 0 bridgehead atoms. The Morgan fingerprint density at radius 3 is 1.00 bits per heavy atom. The van der Waals surface area contributed by atoms with E-state index in [1.807, 2.05) is 0 Å². The van der Waals surface area contributed by atoms with Gasteiger partial charge in [-0.1, -0.05) is 0 Å². The Bertz CT molecular complexity index is 8.00. The van der Waals surface area contributed by atoms with Gasteiger partial charge in [0.15, 0.2) is 0 Å². The van der Waals surface area contributed by atoms with Gasteiger partial charge in [0, 0.05) is 18.0 Å². The van der Waals surface area contributed by atoms with Crippen LogP contribution >= 0.6 is 23.4 Å². The molecule has 0 rings (SSSR count). The molecule has 1 unspecified atom stereocenters. The first-order valence-electron chi connectivity index (χ1n) is 0. The summed E-state index contributed by atoms with van der Waals surface area (Å²) in [7, 11) is 0. The van der Waals surface area contributed by atoms with Crippen LogP contribution in [0.3, 0.4) is 0 Å².